The Hall–Kier alpha value is -3.21. The molecule has 1 saturated carbocycles. The topological polar surface area (TPSA) is 63.6 Å². The second-order valence-electron chi connectivity index (χ2n) is 8.34. The Morgan fingerprint density at radius 1 is 1.03 bits per heavy atom. The number of amides is 1. The Morgan fingerprint density at radius 2 is 1.84 bits per heavy atom. The van der Waals surface area contributed by atoms with Gasteiger partial charge in [0, 0.05) is 16.7 Å². The van der Waals surface area contributed by atoms with Crippen LogP contribution in [0.5, 0.6) is 5.75 Å². The average molecular weight is 430 g/mol. The second-order valence-corrected chi connectivity index (χ2v) is 8.34. The van der Waals surface area contributed by atoms with Gasteiger partial charge in [0.05, 0.1) is 23.4 Å². The van der Waals surface area contributed by atoms with Gasteiger partial charge < -0.3 is 4.74 Å². The van der Waals surface area contributed by atoms with Crippen LogP contribution in [-0.2, 0) is 0 Å². The molecular formula is C27H31N3O2. The van der Waals surface area contributed by atoms with Crippen molar-refractivity contribution in [3.63, 3.8) is 0 Å². The molecule has 0 radical (unpaired) electrons. The molecule has 2 aromatic carbocycles. The fourth-order valence-electron chi connectivity index (χ4n) is 4.03. The van der Waals surface area contributed by atoms with Crippen molar-refractivity contribution >= 4 is 22.5 Å². The minimum atomic E-state index is -0.197. The Morgan fingerprint density at radius 3 is 2.66 bits per heavy atom. The highest BCUT2D eigenvalue weighted by Crippen LogP contribution is 2.27. The van der Waals surface area contributed by atoms with E-state index in [4.69, 9.17) is 9.72 Å². The number of para-hydroxylation sites is 1. The molecule has 0 bridgehead atoms. The summed E-state index contributed by atoms with van der Waals surface area (Å²) >= 11 is 0. The summed E-state index contributed by atoms with van der Waals surface area (Å²) in [5.74, 6) is 0.619. The fraction of sp³-hybridized carbons (Fsp3) is 0.370. The first-order valence-corrected chi connectivity index (χ1v) is 11.7. The monoisotopic (exact) mass is 429 g/mol. The third-order valence-corrected chi connectivity index (χ3v) is 5.85. The molecule has 0 aliphatic heterocycles. The van der Waals surface area contributed by atoms with Crippen LogP contribution in [0.4, 0.5) is 0 Å². The van der Waals surface area contributed by atoms with Gasteiger partial charge in [-0.05, 0) is 56.4 Å². The van der Waals surface area contributed by atoms with E-state index < -0.39 is 0 Å². The molecule has 0 saturated heterocycles. The molecule has 1 aromatic heterocycles. The quantitative estimate of drug-likeness (QED) is 0.264. The van der Waals surface area contributed by atoms with E-state index in [0.717, 1.165) is 72.1 Å². The molecule has 32 heavy (non-hydrogen) atoms. The summed E-state index contributed by atoms with van der Waals surface area (Å²) in [6.45, 7) is 2.84. The summed E-state index contributed by atoms with van der Waals surface area (Å²) in [6.07, 6.45) is 8.82. The maximum absolute atomic E-state index is 13.1. The molecule has 0 atom stereocenters. The number of aromatic nitrogens is 1. The number of unbranched alkanes of at least 4 members (excludes halogenated alkanes) is 1. The third kappa shape index (κ3) is 5.52. The first-order valence-electron chi connectivity index (χ1n) is 11.7. The molecule has 5 nitrogen and oxygen atoms in total. The molecule has 5 heteroatoms. The number of rotatable bonds is 7. The molecule has 0 unspecified atom stereocenters. The summed E-state index contributed by atoms with van der Waals surface area (Å²) in [6, 6.07) is 17.5. The van der Waals surface area contributed by atoms with E-state index in [9.17, 15) is 4.79 Å². The summed E-state index contributed by atoms with van der Waals surface area (Å²) in [4.78, 5) is 18.0. The summed E-state index contributed by atoms with van der Waals surface area (Å²) < 4.78 is 5.86. The number of pyridine rings is 1. The first-order chi connectivity index (χ1) is 15.7. The number of hydrogen-bond donors (Lipinski definition) is 1. The summed E-state index contributed by atoms with van der Waals surface area (Å²) in [5.41, 5.74) is 6.94. The maximum atomic E-state index is 13.1. The van der Waals surface area contributed by atoms with Gasteiger partial charge in [-0.25, -0.2) is 10.4 Å². The Labute approximate surface area is 189 Å². The zero-order chi connectivity index (χ0) is 22.2. The standard InChI is InChI=1S/C27H31N3O2/c1-2-3-17-32-22-14-10-11-20(18-22)26-19-24(23-15-8-9-16-25(23)28-26)27(31)30-29-21-12-6-4-5-7-13-21/h8-11,14-16,18-19H,2-7,12-13,17H2,1H3,(H,30,31). The first kappa shape index (κ1) is 22.0. The molecule has 3 aromatic rings. The average Bonchev–Trinajstić information content (AvgIpc) is 3.11. The Balaban J connectivity index is 1.64. The number of nitrogens with one attached hydrogen (secondary N) is 1. The number of carbonyl (C=O) groups is 1. The number of hydrogen-bond acceptors (Lipinski definition) is 4. The highest BCUT2D eigenvalue weighted by Gasteiger charge is 2.15. The van der Waals surface area contributed by atoms with Gasteiger partial charge in [0.15, 0.2) is 0 Å². The van der Waals surface area contributed by atoms with E-state index in [-0.39, 0.29) is 5.91 Å². The minimum Gasteiger partial charge on any atom is -0.494 e. The van der Waals surface area contributed by atoms with Crippen molar-refractivity contribution in [2.75, 3.05) is 6.61 Å². The van der Waals surface area contributed by atoms with Gasteiger partial charge in [-0.2, -0.15) is 5.10 Å². The van der Waals surface area contributed by atoms with Gasteiger partial charge in [-0.3, -0.25) is 4.79 Å². The lowest BCUT2D eigenvalue weighted by atomic mass is 10.0. The van der Waals surface area contributed by atoms with Crippen molar-refractivity contribution in [3.05, 3.63) is 60.2 Å². The minimum absolute atomic E-state index is 0.197. The van der Waals surface area contributed by atoms with Crippen LogP contribution >= 0.6 is 0 Å². The van der Waals surface area contributed by atoms with Gasteiger partial charge in [-0.1, -0.05) is 56.5 Å². The van der Waals surface area contributed by atoms with E-state index in [0.29, 0.717) is 12.2 Å². The Kier molecular flexibility index (Phi) is 7.49. The lowest BCUT2D eigenvalue weighted by Crippen LogP contribution is -2.20. The van der Waals surface area contributed by atoms with Crippen molar-refractivity contribution < 1.29 is 9.53 Å². The van der Waals surface area contributed by atoms with Crippen LogP contribution in [0.15, 0.2) is 59.7 Å². The molecule has 0 spiro atoms. The molecule has 1 N–H and O–H groups in total. The van der Waals surface area contributed by atoms with Crippen molar-refractivity contribution in [1.82, 2.24) is 10.4 Å². The summed E-state index contributed by atoms with van der Waals surface area (Å²) in [7, 11) is 0. The van der Waals surface area contributed by atoms with E-state index in [1.165, 1.54) is 12.8 Å². The van der Waals surface area contributed by atoms with Gasteiger partial charge in [0.1, 0.15) is 5.75 Å². The van der Waals surface area contributed by atoms with Crippen LogP contribution in [0, 0.1) is 0 Å². The van der Waals surface area contributed by atoms with E-state index >= 15 is 0 Å². The normalized spacial score (nSPS) is 14.1. The molecule has 166 valence electrons. The predicted molar refractivity (Wildman–Crippen MR) is 130 cm³/mol. The van der Waals surface area contributed by atoms with Gasteiger partial charge in [0.25, 0.3) is 5.91 Å². The SMILES string of the molecule is CCCCOc1cccc(-c2cc(C(=O)NN=C3CCCCCC3)c3ccccc3n2)c1. The Bertz CT molecular complexity index is 1100. The zero-order valence-electron chi connectivity index (χ0n) is 18.8. The number of hydrazone groups is 1. The summed E-state index contributed by atoms with van der Waals surface area (Å²) in [5, 5.41) is 5.29. The van der Waals surface area contributed by atoms with Crippen molar-refractivity contribution in [2.24, 2.45) is 5.10 Å². The lowest BCUT2D eigenvalue weighted by molar-refractivity contribution is 0.0956. The van der Waals surface area contributed by atoms with Crippen molar-refractivity contribution in [2.45, 2.75) is 58.3 Å². The fourth-order valence-corrected chi connectivity index (χ4v) is 4.03. The smallest absolute Gasteiger partial charge is 0.272 e. The molecule has 1 heterocycles. The number of fused-ring (bicyclic) bond motifs is 1. The van der Waals surface area contributed by atoms with Gasteiger partial charge >= 0.3 is 0 Å². The van der Waals surface area contributed by atoms with Crippen LogP contribution in [0.1, 0.15) is 68.6 Å². The van der Waals surface area contributed by atoms with Gasteiger partial charge in [-0.15, -0.1) is 0 Å². The third-order valence-electron chi connectivity index (χ3n) is 5.85. The lowest BCUT2D eigenvalue weighted by Gasteiger charge is -2.11. The molecular weight excluding hydrogens is 398 g/mol. The number of carbonyl (C=O) groups excluding carboxylic acids is 1. The highest BCUT2D eigenvalue weighted by molar-refractivity contribution is 6.07. The van der Waals surface area contributed by atoms with Gasteiger partial charge in [0.2, 0.25) is 0 Å². The second kappa shape index (κ2) is 10.9. The van der Waals surface area contributed by atoms with Crippen LogP contribution < -0.4 is 10.2 Å². The van der Waals surface area contributed by atoms with E-state index in [2.05, 4.69) is 17.5 Å². The van der Waals surface area contributed by atoms with E-state index in [1.807, 2.05) is 54.6 Å². The molecule has 1 aliphatic rings. The highest BCUT2D eigenvalue weighted by atomic mass is 16.5. The number of ether oxygens (including phenoxy) is 1. The predicted octanol–water partition coefficient (Wildman–Crippen LogP) is 6.52. The van der Waals surface area contributed by atoms with Crippen molar-refractivity contribution in [3.8, 4) is 17.0 Å². The van der Waals surface area contributed by atoms with Crippen LogP contribution in [0.3, 0.4) is 0 Å². The maximum Gasteiger partial charge on any atom is 0.272 e. The molecule has 1 aliphatic carbocycles. The number of benzene rings is 2. The largest absolute Gasteiger partial charge is 0.494 e. The van der Waals surface area contributed by atoms with Crippen molar-refractivity contribution in [1.29, 1.82) is 0 Å². The van der Waals surface area contributed by atoms with Crippen LogP contribution in [0.25, 0.3) is 22.2 Å². The number of nitrogens with zero attached hydrogens (tertiary/aromatic N) is 2. The zero-order valence-corrected chi connectivity index (χ0v) is 18.8. The molecule has 1 fully saturated rings. The van der Waals surface area contributed by atoms with Crippen LogP contribution in [0.2, 0.25) is 0 Å². The van der Waals surface area contributed by atoms with Crippen LogP contribution in [-0.4, -0.2) is 23.2 Å². The molecule has 1 amide bonds. The molecule has 4 rings (SSSR count). The van der Waals surface area contributed by atoms with E-state index in [1.54, 1.807) is 0 Å².